The number of oxime groups is 1. The van der Waals surface area contributed by atoms with Crippen LogP contribution in [0.1, 0.15) is 29.8 Å². The second-order valence-electron chi connectivity index (χ2n) is 5.11. The molecule has 0 radical (unpaired) electrons. The summed E-state index contributed by atoms with van der Waals surface area (Å²) in [5.74, 6) is 0.236. The van der Waals surface area contributed by atoms with Gasteiger partial charge in [0.2, 0.25) is 0 Å². The lowest BCUT2D eigenvalue weighted by Crippen LogP contribution is -2.34. The Morgan fingerprint density at radius 3 is 2.67 bits per heavy atom. The van der Waals surface area contributed by atoms with Crippen molar-refractivity contribution in [3.63, 3.8) is 0 Å². The number of nitrogens with two attached hydrogens (primary N) is 1. The van der Waals surface area contributed by atoms with Crippen molar-refractivity contribution in [3.05, 3.63) is 58.3 Å². The van der Waals surface area contributed by atoms with Crippen LogP contribution in [0.3, 0.4) is 0 Å². The van der Waals surface area contributed by atoms with Gasteiger partial charge in [0.25, 0.3) is 0 Å². The number of nitrogens with zero attached hydrogens (tertiary/aromatic N) is 1. The molecule has 0 amide bonds. The summed E-state index contributed by atoms with van der Waals surface area (Å²) in [6.45, 7) is 2.15. The molecule has 0 bridgehead atoms. The van der Waals surface area contributed by atoms with Crippen LogP contribution in [-0.2, 0) is 6.42 Å². The molecule has 0 saturated carbocycles. The van der Waals surface area contributed by atoms with Crippen LogP contribution < -0.4 is 11.1 Å². The van der Waals surface area contributed by atoms with E-state index in [1.807, 2.05) is 18.2 Å². The van der Waals surface area contributed by atoms with Gasteiger partial charge in [-0.25, -0.2) is 0 Å². The fourth-order valence-corrected chi connectivity index (χ4v) is 3.18. The molecule has 0 aliphatic rings. The monoisotopic (exact) mass is 303 g/mol. The molecular weight excluding hydrogens is 282 g/mol. The third kappa shape index (κ3) is 4.88. The highest BCUT2D eigenvalue weighted by Gasteiger charge is 2.16. The SMILES string of the molecule is CC(Cc1cccs1)NC(CC(N)=NO)c1ccccc1. The van der Waals surface area contributed by atoms with Gasteiger partial charge in [-0.3, -0.25) is 0 Å². The van der Waals surface area contributed by atoms with Crippen LogP contribution in [0, 0.1) is 0 Å². The second-order valence-corrected chi connectivity index (χ2v) is 6.14. The van der Waals surface area contributed by atoms with Gasteiger partial charge in [0.1, 0.15) is 5.84 Å². The Labute approximate surface area is 129 Å². The Kier molecular flexibility index (Phi) is 5.78. The molecule has 112 valence electrons. The zero-order valence-electron chi connectivity index (χ0n) is 12.1. The van der Waals surface area contributed by atoms with E-state index in [0.717, 1.165) is 12.0 Å². The van der Waals surface area contributed by atoms with Crippen LogP contribution >= 0.6 is 11.3 Å². The average molecular weight is 303 g/mol. The number of rotatable bonds is 7. The molecule has 2 unspecified atom stereocenters. The highest BCUT2D eigenvalue weighted by molar-refractivity contribution is 7.09. The normalized spacial score (nSPS) is 14.8. The van der Waals surface area contributed by atoms with Gasteiger partial charge in [0, 0.05) is 23.4 Å². The lowest BCUT2D eigenvalue weighted by Gasteiger charge is -2.23. The summed E-state index contributed by atoms with van der Waals surface area (Å²) in [7, 11) is 0. The molecule has 0 spiro atoms. The fourth-order valence-electron chi connectivity index (χ4n) is 2.34. The first kappa shape index (κ1) is 15.5. The minimum absolute atomic E-state index is 0.0389. The number of hydrogen-bond donors (Lipinski definition) is 3. The molecular formula is C16H21N3OS. The molecule has 1 aromatic heterocycles. The molecule has 4 N–H and O–H groups in total. The van der Waals surface area contributed by atoms with Gasteiger partial charge in [0.05, 0.1) is 0 Å². The molecule has 0 aliphatic heterocycles. The van der Waals surface area contributed by atoms with E-state index >= 15 is 0 Å². The van der Waals surface area contributed by atoms with Gasteiger partial charge >= 0.3 is 0 Å². The second kappa shape index (κ2) is 7.81. The van der Waals surface area contributed by atoms with Gasteiger partial charge in [0.15, 0.2) is 0 Å². The van der Waals surface area contributed by atoms with E-state index in [9.17, 15) is 0 Å². The molecule has 0 aliphatic carbocycles. The standard InChI is InChI=1S/C16H21N3OS/c1-12(10-14-8-5-9-21-14)18-15(11-16(17)19-20)13-6-3-2-4-7-13/h2-9,12,15,18,20H,10-11H2,1H3,(H2,17,19). The molecule has 4 nitrogen and oxygen atoms in total. The van der Waals surface area contributed by atoms with Crippen LogP contribution in [0.25, 0.3) is 0 Å². The summed E-state index contributed by atoms with van der Waals surface area (Å²) < 4.78 is 0. The lowest BCUT2D eigenvalue weighted by molar-refractivity contribution is 0.315. The molecule has 21 heavy (non-hydrogen) atoms. The molecule has 2 rings (SSSR count). The molecule has 0 fully saturated rings. The van der Waals surface area contributed by atoms with Gasteiger partial charge in [-0.15, -0.1) is 11.3 Å². The smallest absolute Gasteiger partial charge is 0.141 e. The summed E-state index contributed by atoms with van der Waals surface area (Å²) in [5, 5.41) is 17.6. The van der Waals surface area contributed by atoms with E-state index in [1.165, 1.54) is 4.88 Å². The molecule has 5 heteroatoms. The third-order valence-electron chi connectivity index (χ3n) is 3.32. The van der Waals surface area contributed by atoms with Crippen molar-refractivity contribution in [2.24, 2.45) is 10.9 Å². The Morgan fingerprint density at radius 2 is 2.05 bits per heavy atom. The van der Waals surface area contributed by atoms with E-state index in [-0.39, 0.29) is 11.9 Å². The van der Waals surface area contributed by atoms with Gasteiger partial charge in [-0.2, -0.15) is 0 Å². The van der Waals surface area contributed by atoms with Crippen LogP contribution in [0.2, 0.25) is 0 Å². The molecule has 2 atom stereocenters. The first-order valence-electron chi connectivity index (χ1n) is 6.99. The van der Waals surface area contributed by atoms with Crippen LogP contribution in [-0.4, -0.2) is 17.1 Å². The molecule has 2 aromatic rings. The minimum Gasteiger partial charge on any atom is -0.409 e. The Morgan fingerprint density at radius 1 is 1.29 bits per heavy atom. The van der Waals surface area contributed by atoms with Crippen molar-refractivity contribution in [3.8, 4) is 0 Å². The summed E-state index contributed by atoms with van der Waals surface area (Å²) in [6, 6.07) is 14.7. The predicted molar refractivity (Wildman–Crippen MR) is 87.8 cm³/mol. The largest absolute Gasteiger partial charge is 0.409 e. The highest BCUT2D eigenvalue weighted by Crippen LogP contribution is 2.19. The summed E-state index contributed by atoms with van der Waals surface area (Å²) in [5.41, 5.74) is 6.83. The van der Waals surface area contributed by atoms with Crippen molar-refractivity contribution in [1.82, 2.24) is 5.32 Å². The quantitative estimate of drug-likeness (QED) is 0.318. The fraction of sp³-hybridized carbons (Fsp3) is 0.312. The summed E-state index contributed by atoms with van der Waals surface area (Å²) >= 11 is 1.76. The maximum Gasteiger partial charge on any atom is 0.141 e. The van der Waals surface area contributed by atoms with E-state index in [4.69, 9.17) is 10.9 Å². The highest BCUT2D eigenvalue weighted by atomic mass is 32.1. The van der Waals surface area contributed by atoms with Crippen molar-refractivity contribution in [2.75, 3.05) is 0 Å². The predicted octanol–water partition coefficient (Wildman–Crippen LogP) is 3.15. The average Bonchev–Trinajstić information content (AvgIpc) is 3.00. The third-order valence-corrected chi connectivity index (χ3v) is 4.22. The first-order valence-corrected chi connectivity index (χ1v) is 7.86. The maximum absolute atomic E-state index is 8.81. The Hall–Kier alpha value is -1.85. The Balaban J connectivity index is 2.05. The van der Waals surface area contributed by atoms with Gasteiger partial charge in [-0.05, 0) is 30.4 Å². The number of amidine groups is 1. The Bertz CT molecular complexity index is 554. The number of nitrogens with one attached hydrogen (secondary N) is 1. The van der Waals surface area contributed by atoms with Crippen LogP contribution in [0.15, 0.2) is 53.0 Å². The lowest BCUT2D eigenvalue weighted by atomic mass is 10.0. The maximum atomic E-state index is 8.81. The van der Waals surface area contributed by atoms with Gasteiger partial charge < -0.3 is 16.3 Å². The molecule has 1 heterocycles. The van der Waals surface area contributed by atoms with E-state index in [2.05, 4.69) is 47.0 Å². The number of thiophene rings is 1. The van der Waals surface area contributed by atoms with Crippen LogP contribution in [0.5, 0.6) is 0 Å². The first-order chi connectivity index (χ1) is 10.2. The zero-order chi connectivity index (χ0) is 15.1. The molecule has 1 aromatic carbocycles. The van der Waals surface area contributed by atoms with Crippen LogP contribution in [0.4, 0.5) is 0 Å². The minimum atomic E-state index is 0.0389. The zero-order valence-corrected chi connectivity index (χ0v) is 12.9. The van der Waals surface area contributed by atoms with Crippen molar-refractivity contribution in [1.29, 1.82) is 0 Å². The topological polar surface area (TPSA) is 70.6 Å². The van der Waals surface area contributed by atoms with Gasteiger partial charge in [-0.1, -0.05) is 41.6 Å². The van der Waals surface area contributed by atoms with Crippen molar-refractivity contribution < 1.29 is 5.21 Å². The van der Waals surface area contributed by atoms with E-state index in [0.29, 0.717) is 12.5 Å². The number of benzene rings is 1. The number of hydrogen-bond acceptors (Lipinski definition) is 4. The van der Waals surface area contributed by atoms with Crippen molar-refractivity contribution >= 4 is 17.2 Å². The van der Waals surface area contributed by atoms with Crippen molar-refractivity contribution in [2.45, 2.75) is 31.8 Å². The van der Waals surface area contributed by atoms with E-state index in [1.54, 1.807) is 11.3 Å². The molecule has 0 saturated heterocycles. The summed E-state index contributed by atoms with van der Waals surface area (Å²) in [4.78, 5) is 1.35. The van der Waals surface area contributed by atoms with E-state index < -0.39 is 0 Å². The summed E-state index contributed by atoms with van der Waals surface area (Å²) in [6.07, 6.45) is 1.45.